The summed E-state index contributed by atoms with van der Waals surface area (Å²) < 4.78 is 0. The molecule has 0 aliphatic rings. The minimum absolute atomic E-state index is 0.228. The molecule has 16 heavy (non-hydrogen) atoms. The van der Waals surface area contributed by atoms with Gasteiger partial charge in [0.05, 0.1) is 13.2 Å². The Bertz CT molecular complexity index is 233. The van der Waals surface area contributed by atoms with Gasteiger partial charge in [-0.05, 0) is 12.8 Å². The number of aliphatic hydroxyl groups is 3. The third-order valence-corrected chi connectivity index (χ3v) is 2.22. The van der Waals surface area contributed by atoms with Crippen LogP contribution in [0.25, 0.3) is 0 Å². The molecule has 0 spiro atoms. The van der Waals surface area contributed by atoms with Crippen LogP contribution in [0.4, 0.5) is 0 Å². The summed E-state index contributed by atoms with van der Waals surface area (Å²) in [5.41, 5.74) is 0. The number of nitrogens with zero attached hydrogens (tertiary/aromatic N) is 1. The third-order valence-electron chi connectivity index (χ3n) is 2.22. The normalized spacial score (nSPS) is 16.3. The molecule has 0 saturated heterocycles. The van der Waals surface area contributed by atoms with Crippen LogP contribution in [0.3, 0.4) is 0 Å². The van der Waals surface area contributed by atoms with E-state index in [-0.39, 0.29) is 6.42 Å². The van der Waals surface area contributed by atoms with Gasteiger partial charge in [0, 0.05) is 7.05 Å². The largest absolute Gasteiger partial charge is 0.390 e. The van der Waals surface area contributed by atoms with E-state index in [0.717, 1.165) is 5.06 Å². The van der Waals surface area contributed by atoms with Gasteiger partial charge in [-0.25, -0.2) is 5.06 Å². The van der Waals surface area contributed by atoms with Gasteiger partial charge in [-0.15, -0.1) is 6.58 Å². The molecular formula is C10H19NO5. The van der Waals surface area contributed by atoms with E-state index in [1.807, 2.05) is 0 Å². The fraction of sp³-hybridized carbons (Fsp3) is 0.700. The summed E-state index contributed by atoms with van der Waals surface area (Å²) in [6.45, 7) is 3.46. The number of amides is 1. The lowest BCUT2D eigenvalue weighted by Gasteiger charge is -2.24. The number of allylic oxidation sites excluding steroid dienone is 1. The Hall–Kier alpha value is -0.950. The standard InChI is InChI=1S/C10H19NO5/c1-4-5-6-7(12)8(13)9(14)10(15)11(2)16-3/h4,7-9,12-14H,1,5-6H2,2-3H3/t7-,8+,9-/m1/s1. The third kappa shape index (κ3) is 4.28. The Morgan fingerprint density at radius 2 is 2.06 bits per heavy atom. The molecule has 6 heteroatoms. The van der Waals surface area contributed by atoms with Crippen LogP contribution in [0.5, 0.6) is 0 Å². The van der Waals surface area contributed by atoms with Gasteiger partial charge < -0.3 is 15.3 Å². The average Bonchev–Trinajstić information content (AvgIpc) is 2.31. The van der Waals surface area contributed by atoms with Crippen LogP contribution < -0.4 is 0 Å². The van der Waals surface area contributed by atoms with Crippen LogP contribution in [-0.4, -0.2) is 58.8 Å². The second-order valence-corrected chi connectivity index (χ2v) is 3.39. The van der Waals surface area contributed by atoms with E-state index >= 15 is 0 Å². The van der Waals surface area contributed by atoms with Gasteiger partial charge in [0.2, 0.25) is 0 Å². The molecule has 0 unspecified atom stereocenters. The molecule has 0 aromatic carbocycles. The van der Waals surface area contributed by atoms with E-state index in [1.54, 1.807) is 6.08 Å². The molecule has 94 valence electrons. The number of carbonyl (C=O) groups excluding carboxylic acids is 1. The summed E-state index contributed by atoms with van der Waals surface area (Å²) in [5, 5.41) is 29.2. The van der Waals surface area contributed by atoms with Gasteiger partial charge in [0.25, 0.3) is 5.91 Å². The second kappa shape index (κ2) is 7.34. The predicted molar refractivity (Wildman–Crippen MR) is 57.2 cm³/mol. The lowest BCUT2D eigenvalue weighted by molar-refractivity contribution is -0.186. The van der Waals surface area contributed by atoms with Gasteiger partial charge in [0.15, 0.2) is 6.10 Å². The van der Waals surface area contributed by atoms with Gasteiger partial charge in [-0.3, -0.25) is 9.63 Å². The van der Waals surface area contributed by atoms with Crippen molar-refractivity contribution in [2.45, 2.75) is 31.2 Å². The zero-order chi connectivity index (χ0) is 12.7. The maximum Gasteiger partial charge on any atom is 0.277 e. The van der Waals surface area contributed by atoms with E-state index in [0.29, 0.717) is 6.42 Å². The fourth-order valence-corrected chi connectivity index (χ4v) is 1.09. The highest BCUT2D eigenvalue weighted by Crippen LogP contribution is 2.09. The minimum atomic E-state index is -1.70. The molecule has 6 nitrogen and oxygen atoms in total. The van der Waals surface area contributed by atoms with Crippen molar-refractivity contribution in [2.75, 3.05) is 14.2 Å². The molecule has 1 amide bonds. The average molecular weight is 233 g/mol. The molecule has 0 aliphatic carbocycles. The van der Waals surface area contributed by atoms with Gasteiger partial charge in [-0.1, -0.05) is 6.08 Å². The lowest BCUT2D eigenvalue weighted by atomic mass is 10.0. The number of hydrogen-bond donors (Lipinski definition) is 3. The number of aliphatic hydroxyl groups excluding tert-OH is 3. The van der Waals surface area contributed by atoms with Crippen molar-refractivity contribution in [3.63, 3.8) is 0 Å². The maximum absolute atomic E-state index is 11.4. The highest BCUT2D eigenvalue weighted by atomic mass is 16.7. The summed E-state index contributed by atoms with van der Waals surface area (Å²) in [4.78, 5) is 15.9. The number of hydroxylamine groups is 2. The number of carbonyl (C=O) groups is 1. The summed E-state index contributed by atoms with van der Waals surface area (Å²) >= 11 is 0. The van der Waals surface area contributed by atoms with E-state index < -0.39 is 24.2 Å². The highest BCUT2D eigenvalue weighted by Gasteiger charge is 2.31. The van der Waals surface area contributed by atoms with Crippen molar-refractivity contribution < 1.29 is 25.0 Å². The van der Waals surface area contributed by atoms with Crippen molar-refractivity contribution in [1.29, 1.82) is 0 Å². The summed E-state index contributed by atoms with van der Waals surface area (Å²) in [6, 6.07) is 0. The first-order valence-electron chi connectivity index (χ1n) is 4.92. The Balaban J connectivity index is 4.30. The molecule has 0 rings (SSSR count). The molecule has 0 bridgehead atoms. The molecule has 0 saturated carbocycles. The molecular weight excluding hydrogens is 214 g/mol. The maximum atomic E-state index is 11.4. The van der Waals surface area contributed by atoms with E-state index in [4.69, 9.17) is 0 Å². The minimum Gasteiger partial charge on any atom is -0.390 e. The van der Waals surface area contributed by atoms with Crippen molar-refractivity contribution in [3.8, 4) is 0 Å². The SMILES string of the molecule is C=CCC[C@@H](O)[C@H](O)[C@@H](O)C(=O)N(C)OC. The summed E-state index contributed by atoms with van der Waals surface area (Å²) in [6.07, 6.45) is -2.13. The predicted octanol–water partition coefficient (Wildman–Crippen LogP) is -0.945. The molecule has 0 fully saturated rings. The smallest absolute Gasteiger partial charge is 0.277 e. The molecule has 3 atom stereocenters. The van der Waals surface area contributed by atoms with Crippen LogP contribution in [0.15, 0.2) is 12.7 Å². The first-order valence-corrected chi connectivity index (χ1v) is 4.92. The molecule has 3 N–H and O–H groups in total. The van der Waals surface area contributed by atoms with E-state index in [9.17, 15) is 20.1 Å². The number of hydrogen-bond acceptors (Lipinski definition) is 5. The highest BCUT2D eigenvalue weighted by molar-refractivity contribution is 5.80. The number of rotatable bonds is 7. The molecule has 0 aliphatic heterocycles. The van der Waals surface area contributed by atoms with Crippen LogP contribution in [0, 0.1) is 0 Å². The first-order chi connectivity index (χ1) is 7.45. The summed E-state index contributed by atoms with van der Waals surface area (Å²) in [5.74, 6) is -0.812. The Kier molecular flexibility index (Phi) is 6.91. The Morgan fingerprint density at radius 1 is 1.50 bits per heavy atom. The zero-order valence-electron chi connectivity index (χ0n) is 9.54. The van der Waals surface area contributed by atoms with Crippen molar-refractivity contribution >= 4 is 5.91 Å². The Labute approximate surface area is 94.7 Å². The van der Waals surface area contributed by atoms with Gasteiger partial charge in [0.1, 0.15) is 6.10 Å². The van der Waals surface area contributed by atoms with Crippen molar-refractivity contribution in [2.24, 2.45) is 0 Å². The molecule has 0 aromatic heterocycles. The molecule has 0 aromatic rings. The van der Waals surface area contributed by atoms with Crippen molar-refractivity contribution in [1.82, 2.24) is 5.06 Å². The lowest BCUT2D eigenvalue weighted by Crippen LogP contribution is -2.47. The van der Waals surface area contributed by atoms with Crippen LogP contribution in [0.2, 0.25) is 0 Å². The topological polar surface area (TPSA) is 90.2 Å². The van der Waals surface area contributed by atoms with E-state index in [2.05, 4.69) is 11.4 Å². The summed E-state index contributed by atoms with van der Waals surface area (Å²) in [7, 11) is 2.56. The van der Waals surface area contributed by atoms with Crippen LogP contribution in [-0.2, 0) is 9.63 Å². The van der Waals surface area contributed by atoms with Crippen LogP contribution in [0.1, 0.15) is 12.8 Å². The number of likely N-dealkylation sites (N-methyl/N-ethyl adjacent to an activating group) is 1. The van der Waals surface area contributed by atoms with Crippen molar-refractivity contribution in [3.05, 3.63) is 12.7 Å². The quantitative estimate of drug-likeness (QED) is 0.390. The van der Waals surface area contributed by atoms with Crippen LogP contribution >= 0.6 is 0 Å². The Morgan fingerprint density at radius 3 is 2.50 bits per heavy atom. The molecule has 0 heterocycles. The first kappa shape index (κ1) is 15.0. The molecule has 0 radical (unpaired) electrons. The second-order valence-electron chi connectivity index (χ2n) is 3.39. The van der Waals surface area contributed by atoms with Gasteiger partial charge >= 0.3 is 0 Å². The zero-order valence-corrected chi connectivity index (χ0v) is 9.54. The fourth-order valence-electron chi connectivity index (χ4n) is 1.09. The van der Waals surface area contributed by atoms with E-state index in [1.165, 1.54) is 14.2 Å². The monoisotopic (exact) mass is 233 g/mol. The van der Waals surface area contributed by atoms with Gasteiger partial charge in [-0.2, -0.15) is 0 Å².